The van der Waals surface area contributed by atoms with Crippen LogP contribution in [0.2, 0.25) is 0 Å². The molecule has 0 aliphatic rings. The number of ether oxygens (including phenoxy) is 1. The van der Waals surface area contributed by atoms with Crippen molar-refractivity contribution in [2.75, 3.05) is 30.0 Å². The van der Waals surface area contributed by atoms with E-state index in [1.165, 1.54) is 56.9 Å². The summed E-state index contributed by atoms with van der Waals surface area (Å²) in [6.45, 7) is 4.05. The lowest BCUT2D eigenvalue weighted by atomic mass is 10.0. The van der Waals surface area contributed by atoms with Crippen LogP contribution >= 0.6 is 0 Å². The van der Waals surface area contributed by atoms with Gasteiger partial charge in [0.05, 0.1) is 0 Å². The lowest BCUT2D eigenvalue weighted by molar-refractivity contribution is 0.102. The van der Waals surface area contributed by atoms with Gasteiger partial charge in [-0.25, -0.2) is 0 Å². The third kappa shape index (κ3) is 11.2. The molecule has 0 aliphatic heterocycles. The zero-order chi connectivity index (χ0) is 22.3. The van der Waals surface area contributed by atoms with Crippen molar-refractivity contribution in [1.29, 1.82) is 0 Å². The fourth-order valence-electron chi connectivity index (χ4n) is 3.57. The number of nitrogens with two attached hydrogens (primary N) is 2. The van der Waals surface area contributed by atoms with Crippen LogP contribution in [0.1, 0.15) is 88.1 Å². The second-order valence-electron chi connectivity index (χ2n) is 8.23. The molecule has 2 aromatic rings. The summed E-state index contributed by atoms with van der Waals surface area (Å²) in [5.74, 6) is -0.163. The van der Waals surface area contributed by atoms with E-state index in [0.29, 0.717) is 22.6 Å². The predicted molar refractivity (Wildman–Crippen MR) is 138 cm³/mol. The normalized spacial score (nSPS) is 10.5. The van der Waals surface area contributed by atoms with Gasteiger partial charge in [0.2, 0.25) is 0 Å². The van der Waals surface area contributed by atoms with E-state index >= 15 is 0 Å². The first-order valence-electron chi connectivity index (χ1n) is 11.7. The predicted octanol–water partition coefficient (Wildman–Crippen LogP) is 6.83. The van der Waals surface area contributed by atoms with E-state index in [0.717, 1.165) is 26.1 Å². The van der Waals surface area contributed by atoms with Crippen molar-refractivity contribution in [1.82, 2.24) is 0 Å². The number of carbonyl (C=O) groups is 1. The molecule has 0 atom stereocenters. The van der Waals surface area contributed by atoms with Crippen LogP contribution in [0.3, 0.4) is 0 Å². The molecule has 1 amide bonds. The molecule has 0 radical (unpaired) electrons. The van der Waals surface area contributed by atoms with Crippen LogP contribution in [0.4, 0.5) is 17.1 Å². The molecule has 0 bridgehead atoms. The first-order valence-corrected chi connectivity index (χ1v) is 11.7. The van der Waals surface area contributed by atoms with Crippen molar-refractivity contribution >= 4 is 23.0 Å². The van der Waals surface area contributed by atoms with Gasteiger partial charge in [-0.2, -0.15) is 0 Å². The Morgan fingerprint density at radius 1 is 0.812 bits per heavy atom. The van der Waals surface area contributed by atoms with Gasteiger partial charge in [-0.1, -0.05) is 65.0 Å². The molecule has 0 aliphatic carbocycles. The van der Waals surface area contributed by atoms with Crippen LogP contribution in [0, 0.1) is 0 Å². The maximum absolute atomic E-state index is 12.4. The summed E-state index contributed by atoms with van der Waals surface area (Å²) < 4.78 is 5.69. The van der Waals surface area contributed by atoms with Crippen LogP contribution in [-0.4, -0.2) is 19.1 Å². The van der Waals surface area contributed by atoms with Gasteiger partial charge in [0.1, 0.15) is 0 Å². The molecule has 2 rings (SSSR count). The zero-order valence-corrected chi connectivity index (χ0v) is 19.0. The maximum atomic E-state index is 12.4. The SMILES string of the molecule is C.CCCCCCOCCCCCCCc1ccc(C(=O)Nc2cc(N)cc(N)c2)cc1. The van der Waals surface area contributed by atoms with E-state index in [4.69, 9.17) is 16.2 Å². The van der Waals surface area contributed by atoms with E-state index in [1.54, 1.807) is 18.2 Å². The first-order chi connectivity index (χ1) is 15.1. The van der Waals surface area contributed by atoms with E-state index in [1.807, 2.05) is 24.3 Å². The molecule has 5 nitrogen and oxygen atoms in total. The van der Waals surface area contributed by atoms with E-state index < -0.39 is 0 Å². The molecule has 0 unspecified atom stereocenters. The summed E-state index contributed by atoms with van der Waals surface area (Å²) in [5, 5.41) is 2.84. The topological polar surface area (TPSA) is 90.4 Å². The lowest BCUT2D eigenvalue weighted by Gasteiger charge is -2.08. The molecule has 0 heterocycles. The van der Waals surface area contributed by atoms with Crippen LogP contribution < -0.4 is 16.8 Å². The monoisotopic (exact) mass is 441 g/mol. The molecular formula is C27H43N3O2. The van der Waals surface area contributed by atoms with Gasteiger partial charge in [-0.3, -0.25) is 4.79 Å². The molecule has 0 saturated carbocycles. The number of nitrogens with one attached hydrogen (secondary N) is 1. The Kier molecular flexibility index (Phi) is 13.9. The summed E-state index contributed by atoms with van der Waals surface area (Å²) in [7, 11) is 0. The van der Waals surface area contributed by atoms with Gasteiger partial charge in [-0.15, -0.1) is 0 Å². The molecule has 32 heavy (non-hydrogen) atoms. The Morgan fingerprint density at radius 2 is 1.38 bits per heavy atom. The van der Waals surface area contributed by atoms with Gasteiger partial charge in [0.25, 0.3) is 5.91 Å². The molecule has 0 aromatic heterocycles. The number of unbranched alkanes of at least 4 members (excludes halogenated alkanes) is 7. The smallest absolute Gasteiger partial charge is 0.255 e. The molecule has 2 aromatic carbocycles. The van der Waals surface area contributed by atoms with Crippen LogP contribution in [0.5, 0.6) is 0 Å². The Hall–Kier alpha value is -2.53. The number of carbonyl (C=O) groups excluding carboxylic acids is 1. The fourth-order valence-corrected chi connectivity index (χ4v) is 3.57. The number of hydrogen-bond donors (Lipinski definition) is 3. The molecule has 0 spiro atoms. The number of hydrogen-bond acceptors (Lipinski definition) is 4. The second-order valence-corrected chi connectivity index (χ2v) is 8.23. The maximum Gasteiger partial charge on any atom is 0.255 e. The van der Waals surface area contributed by atoms with Gasteiger partial charge in [-0.05, 0) is 61.6 Å². The van der Waals surface area contributed by atoms with Crippen molar-refractivity contribution in [2.45, 2.75) is 78.6 Å². The minimum atomic E-state index is -0.163. The van der Waals surface area contributed by atoms with Gasteiger partial charge < -0.3 is 21.5 Å². The molecule has 5 heteroatoms. The summed E-state index contributed by atoms with van der Waals surface area (Å²) in [5.41, 5.74) is 15.1. The zero-order valence-electron chi connectivity index (χ0n) is 19.0. The van der Waals surface area contributed by atoms with Gasteiger partial charge in [0, 0.05) is 35.8 Å². The Bertz CT molecular complexity index is 755. The van der Waals surface area contributed by atoms with Gasteiger partial charge in [0.15, 0.2) is 0 Å². The molecule has 5 N–H and O–H groups in total. The van der Waals surface area contributed by atoms with Crippen molar-refractivity contribution in [2.24, 2.45) is 0 Å². The standard InChI is InChI=1S/C26H39N3O2.CH4/c1-2-3-4-9-16-31-17-10-7-5-6-8-11-21-12-14-22(15-13-21)26(30)29-25-19-23(27)18-24(28)20-25;/h12-15,18-20H,2-11,16-17,27-28H2,1H3,(H,29,30);1H4. The van der Waals surface area contributed by atoms with Crippen LogP contribution in [-0.2, 0) is 11.2 Å². The van der Waals surface area contributed by atoms with Crippen molar-refractivity contribution in [3.63, 3.8) is 0 Å². The number of rotatable bonds is 15. The summed E-state index contributed by atoms with van der Waals surface area (Å²) in [4.78, 5) is 12.4. The Balaban J connectivity index is 0.00000512. The highest BCUT2D eigenvalue weighted by atomic mass is 16.5. The van der Waals surface area contributed by atoms with Crippen molar-refractivity contribution in [3.05, 3.63) is 53.6 Å². The van der Waals surface area contributed by atoms with E-state index in [9.17, 15) is 4.79 Å². The third-order valence-corrected chi connectivity index (χ3v) is 5.35. The van der Waals surface area contributed by atoms with Crippen molar-refractivity contribution < 1.29 is 9.53 Å². The highest BCUT2D eigenvalue weighted by molar-refractivity contribution is 6.04. The Labute approximate surface area is 194 Å². The molecular weight excluding hydrogens is 398 g/mol. The van der Waals surface area contributed by atoms with E-state index in [2.05, 4.69) is 12.2 Å². The highest BCUT2D eigenvalue weighted by Crippen LogP contribution is 2.19. The number of amides is 1. The second kappa shape index (κ2) is 16.2. The molecule has 0 fully saturated rings. The van der Waals surface area contributed by atoms with Crippen LogP contribution in [0.15, 0.2) is 42.5 Å². The lowest BCUT2D eigenvalue weighted by Crippen LogP contribution is -2.12. The highest BCUT2D eigenvalue weighted by Gasteiger charge is 2.07. The summed E-state index contributed by atoms with van der Waals surface area (Å²) >= 11 is 0. The number of nitrogen functional groups attached to an aromatic ring is 2. The fraction of sp³-hybridized carbons (Fsp3) is 0.519. The minimum absolute atomic E-state index is 0. The van der Waals surface area contributed by atoms with Gasteiger partial charge >= 0.3 is 0 Å². The largest absolute Gasteiger partial charge is 0.399 e. The number of aryl methyl sites for hydroxylation is 1. The summed E-state index contributed by atoms with van der Waals surface area (Å²) in [6.07, 6.45) is 12.2. The third-order valence-electron chi connectivity index (χ3n) is 5.35. The van der Waals surface area contributed by atoms with E-state index in [-0.39, 0.29) is 13.3 Å². The molecule has 178 valence electrons. The quantitative estimate of drug-likeness (QED) is 0.209. The average molecular weight is 442 g/mol. The summed E-state index contributed by atoms with van der Waals surface area (Å²) in [6, 6.07) is 12.9. The minimum Gasteiger partial charge on any atom is -0.399 e. The molecule has 0 saturated heterocycles. The Morgan fingerprint density at radius 3 is 2.00 bits per heavy atom. The number of anilines is 3. The number of benzene rings is 2. The average Bonchev–Trinajstić information content (AvgIpc) is 2.74. The first kappa shape index (κ1) is 27.5. The van der Waals surface area contributed by atoms with Crippen LogP contribution in [0.25, 0.3) is 0 Å². The van der Waals surface area contributed by atoms with Crippen molar-refractivity contribution in [3.8, 4) is 0 Å².